The van der Waals surface area contributed by atoms with E-state index in [2.05, 4.69) is 50.8 Å². The lowest BCUT2D eigenvalue weighted by Gasteiger charge is -2.31. The smallest absolute Gasteiger partial charge is 0.227 e. The molecule has 0 bridgehead atoms. The normalized spacial score (nSPS) is 21.3. The van der Waals surface area contributed by atoms with Crippen molar-refractivity contribution in [2.24, 2.45) is 0 Å². The second-order valence-corrected chi connectivity index (χ2v) is 10.1. The van der Waals surface area contributed by atoms with E-state index in [9.17, 15) is 0 Å². The first-order valence-corrected chi connectivity index (χ1v) is 11.6. The average molecular weight is 393 g/mol. The van der Waals surface area contributed by atoms with Crippen LogP contribution < -0.4 is 9.80 Å². The van der Waals surface area contributed by atoms with Crippen molar-refractivity contribution in [1.29, 1.82) is 0 Å². The van der Waals surface area contributed by atoms with Crippen LogP contribution in [0.1, 0.15) is 58.2 Å². The second-order valence-electron chi connectivity index (χ2n) is 8.99. The zero-order valence-corrected chi connectivity index (χ0v) is 18.7. The molecule has 5 nitrogen and oxygen atoms in total. The number of anilines is 2. The van der Waals surface area contributed by atoms with Crippen molar-refractivity contribution in [1.82, 2.24) is 9.97 Å². The molecule has 0 amide bonds. The molecule has 1 aromatic heterocycles. The maximum Gasteiger partial charge on any atom is 0.227 e. The Morgan fingerprint density at radius 1 is 1.26 bits per heavy atom. The Morgan fingerprint density at radius 3 is 2.67 bits per heavy atom. The summed E-state index contributed by atoms with van der Waals surface area (Å²) in [6.07, 6.45) is 8.24. The Hall–Kier alpha value is -1.01. The van der Waals surface area contributed by atoms with Gasteiger partial charge < -0.3 is 14.5 Å². The summed E-state index contributed by atoms with van der Waals surface area (Å²) in [5, 5.41) is 0.700. The minimum Gasteiger partial charge on any atom is -0.371 e. The van der Waals surface area contributed by atoms with E-state index < -0.39 is 0 Å². The van der Waals surface area contributed by atoms with Crippen LogP contribution in [-0.2, 0) is 17.6 Å². The number of fused-ring (bicyclic) bond motifs is 1. The van der Waals surface area contributed by atoms with Crippen molar-refractivity contribution >= 4 is 23.5 Å². The van der Waals surface area contributed by atoms with Crippen LogP contribution in [0.4, 0.5) is 11.8 Å². The molecule has 0 radical (unpaired) electrons. The van der Waals surface area contributed by atoms with Gasteiger partial charge in [0.15, 0.2) is 0 Å². The van der Waals surface area contributed by atoms with Gasteiger partial charge in [0, 0.05) is 37.5 Å². The van der Waals surface area contributed by atoms with Crippen LogP contribution in [0.2, 0.25) is 0 Å². The van der Waals surface area contributed by atoms with Crippen LogP contribution >= 0.6 is 11.8 Å². The number of rotatable bonds is 6. The first-order chi connectivity index (χ1) is 12.8. The Balaban J connectivity index is 1.83. The van der Waals surface area contributed by atoms with Gasteiger partial charge in [0.1, 0.15) is 5.82 Å². The summed E-state index contributed by atoms with van der Waals surface area (Å²) < 4.78 is 6.13. The van der Waals surface area contributed by atoms with Gasteiger partial charge in [0.05, 0.1) is 17.4 Å². The molecule has 1 aliphatic heterocycles. The molecular weight excluding hydrogens is 356 g/mol. The van der Waals surface area contributed by atoms with Crippen molar-refractivity contribution in [2.75, 3.05) is 42.7 Å². The largest absolute Gasteiger partial charge is 0.371 e. The lowest BCUT2D eigenvalue weighted by Crippen LogP contribution is -2.36. The Labute approximate surface area is 169 Å². The Kier molecular flexibility index (Phi) is 6.57. The van der Waals surface area contributed by atoms with Gasteiger partial charge in [-0.15, -0.1) is 0 Å². The molecule has 2 aliphatic rings. The monoisotopic (exact) mass is 392 g/mol. The summed E-state index contributed by atoms with van der Waals surface area (Å²) in [4.78, 5) is 14.7. The maximum atomic E-state index is 6.13. The highest BCUT2D eigenvalue weighted by molar-refractivity contribution is 7.99. The third kappa shape index (κ3) is 5.29. The summed E-state index contributed by atoms with van der Waals surface area (Å²) in [5.74, 6) is 2.05. The van der Waals surface area contributed by atoms with Crippen LogP contribution in [0.25, 0.3) is 0 Å². The van der Waals surface area contributed by atoms with E-state index in [1.165, 1.54) is 30.5 Å². The number of hydrogen-bond acceptors (Lipinski definition) is 6. The van der Waals surface area contributed by atoms with Crippen LogP contribution in [-0.4, -0.2) is 59.9 Å². The highest BCUT2D eigenvalue weighted by atomic mass is 32.2. The first kappa shape index (κ1) is 20.7. The average Bonchev–Trinajstić information content (AvgIpc) is 3.08. The quantitative estimate of drug-likeness (QED) is 0.730. The molecule has 1 aromatic rings. The zero-order valence-electron chi connectivity index (χ0n) is 17.9. The predicted molar refractivity (Wildman–Crippen MR) is 116 cm³/mol. The van der Waals surface area contributed by atoms with Gasteiger partial charge in [0.2, 0.25) is 5.95 Å². The third-order valence-electron chi connectivity index (χ3n) is 5.36. The molecule has 0 aromatic carbocycles. The molecule has 2 atom stereocenters. The van der Waals surface area contributed by atoms with Crippen molar-refractivity contribution in [3.63, 3.8) is 0 Å². The van der Waals surface area contributed by atoms with Crippen molar-refractivity contribution in [2.45, 2.75) is 76.8 Å². The maximum absolute atomic E-state index is 6.13. The number of nitrogens with zero attached hydrogens (tertiary/aromatic N) is 4. The molecule has 0 spiro atoms. The SMILES string of the molecule is CS[C@H]1CCN(c2nc3c(c(N(C)CC(C)OC(C)(C)C)n2)CCCC3)C1. The van der Waals surface area contributed by atoms with E-state index in [1.807, 2.05) is 11.8 Å². The van der Waals surface area contributed by atoms with Crippen LogP contribution in [0, 0.1) is 0 Å². The number of ether oxygens (including phenoxy) is 1. The minimum absolute atomic E-state index is 0.126. The molecular formula is C21H36N4OS. The number of aromatic nitrogens is 2. The summed E-state index contributed by atoms with van der Waals surface area (Å²) in [6.45, 7) is 11.5. The van der Waals surface area contributed by atoms with Crippen molar-refractivity contribution in [3.8, 4) is 0 Å². The van der Waals surface area contributed by atoms with E-state index in [-0.39, 0.29) is 11.7 Å². The minimum atomic E-state index is -0.126. The van der Waals surface area contributed by atoms with Gasteiger partial charge in [-0.25, -0.2) is 4.98 Å². The predicted octanol–water partition coefficient (Wildman–Crippen LogP) is 3.94. The summed E-state index contributed by atoms with van der Waals surface area (Å²) >= 11 is 1.96. The fourth-order valence-electron chi connectivity index (χ4n) is 4.23. The van der Waals surface area contributed by atoms with Crippen LogP contribution in [0.15, 0.2) is 0 Å². The van der Waals surface area contributed by atoms with E-state index in [0.717, 1.165) is 44.2 Å². The second kappa shape index (κ2) is 8.56. The molecule has 152 valence electrons. The molecule has 6 heteroatoms. The van der Waals surface area contributed by atoms with Gasteiger partial charge in [-0.05, 0) is 66.1 Å². The topological polar surface area (TPSA) is 41.5 Å². The van der Waals surface area contributed by atoms with Crippen molar-refractivity contribution < 1.29 is 4.74 Å². The molecule has 1 unspecified atom stereocenters. The fourth-order valence-corrected chi connectivity index (χ4v) is 4.90. The van der Waals surface area contributed by atoms with Gasteiger partial charge >= 0.3 is 0 Å². The third-order valence-corrected chi connectivity index (χ3v) is 6.41. The number of likely N-dealkylation sites (N-methyl/N-ethyl adjacent to an activating group) is 1. The molecule has 27 heavy (non-hydrogen) atoms. The molecule has 1 fully saturated rings. The molecule has 3 rings (SSSR count). The highest BCUT2D eigenvalue weighted by Gasteiger charge is 2.28. The lowest BCUT2D eigenvalue weighted by molar-refractivity contribution is -0.0469. The number of hydrogen-bond donors (Lipinski definition) is 0. The number of aryl methyl sites for hydroxylation is 1. The zero-order chi connectivity index (χ0) is 19.6. The first-order valence-electron chi connectivity index (χ1n) is 10.3. The van der Waals surface area contributed by atoms with Gasteiger partial charge in [-0.1, -0.05) is 0 Å². The molecule has 1 saturated heterocycles. The van der Waals surface area contributed by atoms with Crippen LogP contribution in [0.3, 0.4) is 0 Å². The van der Waals surface area contributed by atoms with Crippen molar-refractivity contribution in [3.05, 3.63) is 11.3 Å². The van der Waals surface area contributed by atoms with Gasteiger partial charge in [-0.3, -0.25) is 0 Å². The summed E-state index contributed by atoms with van der Waals surface area (Å²) in [5.41, 5.74) is 2.50. The molecule has 0 N–H and O–H groups in total. The van der Waals surface area contributed by atoms with Gasteiger partial charge in [0.25, 0.3) is 0 Å². The Bertz CT molecular complexity index is 646. The van der Waals surface area contributed by atoms with Crippen LogP contribution in [0.5, 0.6) is 0 Å². The fraction of sp³-hybridized carbons (Fsp3) is 0.810. The van der Waals surface area contributed by atoms with E-state index in [0.29, 0.717) is 5.25 Å². The standard InChI is InChI=1S/C21H36N4OS/c1-15(26-21(2,3)4)13-24(5)19-17-9-7-8-10-18(17)22-20(23-19)25-12-11-16(14-25)27-6/h15-16H,7-14H2,1-6H3/t15?,16-/m0/s1. The Morgan fingerprint density at radius 2 is 2.00 bits per heavy atom. The summed E-state index contributed by atoms with van der Waals surface area (Å²) in [7, 11) is 2.15. The van der Waals surface area contributed by atoms with E-state index in [1.54, 1.807) is 0 Å². The molecule has 0 saturated carbocycles. The van der Waals surface area contributed by atoms with E-state index >= 15 is 0 Å². The highest BCUT2D eigenvalue weighted by Crippen LogP contribution is 2.32. The lowest BCUT2D eigenvalue weighted by atomic mass is 9.96. The van der Waals surface area contributed by atoms with E-state index in [4.69, 9.17) is 14.7 Å². The van der Waals surface area contributed by atoms with Gasteiger partial charge in [-0.2, -0.15) is 16.7 Å². The molecule has 2 heterocycles. The molecule has 1 aliphatic carbocycles. The number of thioether (sulfide) groups is 1. The summed E-state index contributed by atoms with van der Waals surface area (Å²) in [6, 6.07) is 0.